The topological polar surface area (TPSA) is 90.1 Å². The van der Waals surface area contributed by atoms with E-state index >= 15 is 0 Å². The van der Waals surface area contributed by atoms with Crippen LogP contribution in [0.15, 0.2) is 60.9 Å². The number of benzene rings is 2. The van der Waals surface area contributed by atoms with Crippen LogP contribution in [0.1, 0.15) is 12.5 Å². The van der Waals surface area contributed by atoms with Gasteiger partial charge < -0.3 is 9.88 Å². The summed E-state index contributed by atoms with van der Waals surface area (Å²) < 4.78 is 1.84. The predicted molar refractivity (Wildman–Crippen MR) is 94.2 cm³/mol. The van der Waals surface area contributed by atoms with Crippen molar-refractivity contribution in [1.82, 2.24) is 9.55 Å². The first kappa shape index (κ1) is 16.4. The first-order chi connectivity index (χ1) is 12.0. The van der Waals surface area contributed by atoms with E-state index in [9.17, 15) is 14.9 Å². The SMILES string of the molecule is CC(=O)Nc1cccc(-c2nccn2Cc2ccccc2[N+](=O)[O-])c1. The number of nitro benzene ring substituents is 1. The molecule has 0 spiro atoms. The Kier molecular flexibility index (Phi) is 4.56. The molecular formula is C18H16N4O3. The third-order valence-corrected chi connectivity index (χ3v) is 3.69. The highest BCUT2D eigenvalue weighted by molar-refractivity contribution is 5.89. The number of nitrogens with one attached hydrogen (secondary N) is 1. The van der Waals surface area contributed by atoms with Crippen LogP contribution in [0, 0.1) is 10.1 Å². The van der Waals surface area contributed by atoms with Crippen LogP contribution in [0.25, 0.3) is 11.4 Å². The fourth-order valence-corrected chi connectivity index (χ4v) is 2.64. The third kappa shape index (κ3) is 3.72. The molecule has 0 atom stereocenters. The number of imidazole rings is 1. The van der Waals surface area contributed by atoms with Crippen LogP contribution in [0.5, 0.6) is 0 Å². The largest absolute Gasteiger partial charge is 0.326 e. The molecule has 0 saturated heterocycles. The van der Waals surface area contributed by atoms with E-state index in [1.807, 2.05) is 22.8 Å². The molecule has 2 aromatic carbocycles. The lowest BCUT2D eigenvalue weighted by Crippen LogP contribution is -2.06. The molecule has 1 N–H and O–H groups in total. The normalized spacial score (nSPS) is 10.4. The standard InChI is InChI=1S/C18H16N4O3/c1-13(23)20-16-7-4-6-14(11-16)18-19-9-10-21(18)12-15-5-2-3-8-17(15)22(24)25/h2-11H,12H2,1H3,(H,20,23). The van der Waals surface area contributed by atoms with Gasteiger partial charge in [-0.25, -0.2) is 4.98 Å². The van der Waals surface area contributed by atoms with Crippen molar-refractivity contribution < 1.29 is 9.72 Å². The van der Waals surface area contributed by atoms with Gasteiger partial charge in [-0.05, 0) is 12.1 Å². The second-order valence-electron chi connectivity index (χ2n) is 5.53. The number of anilines is 1. The summed E-state index contributed by atoms with van der Waals surface area (Å²) in [5.74, 6) is 0.519. The van der Waals surface area contributed by atoms with E-state index < -0.39 is 0 Å². The molecule has 3 rings (SSSR count). The summed E-state index contributed by atoms with van der Waals surface area (Å²) in [6.45, 7) is 1.78. The Morgan fingerprint density at radius 3 is 2.80 bits per heavy atom. The van der Waals surface area contributed by atoms with Gasteiger partial charge in [0, 0.05) is 42.2 Å². The summed E-state index contributed by atoms with van der Waals surface area (Å²) in [5.41, 5.74) is 2.17. The maximum absolute atomic E-state index is 11.2. The van der Waals surface area contributed by atoms with Crippen molar-refractivity contribution in [2.75, 3.05) is 5.32 Å². The molecular weight excluding hydrogens is 320 g/mol. The van der Waals surface area contributed by atoms with E-state index in [2.05, 4.69) is 10.3 Å². The molecule has 1 aromatic heterocycles. The second-order valence-corrected chi connectivity index (χ2v) is 5.53. The highest BCUT2D eigenvalue weighted by atomic mass is 16.6. The van der Waals surface area contributed by atoms with Crippen LogP contribution in [0.4, 0.5) is 11.4 Å². The summed E-state index contributed by atoms with van der Waals surface area (Å²) in [6.07, 6.45) is 3.42. The predicted octanol–water partition coefficient (Wildman–Crippen LogP) is 3.47. The zero-order valence-corrected chi connectivity index (χ0v) is 13.5. The van der Waals surface area contributed by atoms with Crippen LogP contribution < -0.4 is 5.32 Å². The fourth-order valence-electron chi connectivity index (χ4n) is 2.64. The molecule has 1 amide bonds. The van der Waals surface area contributed by atoms with Crippen molar-refractivity contribution in [2.24, 2.45) is 0 Å². The minimum absolute atomic E-state index is 0.0779. The highest BCUT2D eigenvalue weighted by Crippen LogP contribution is 2.24. The lowest BCUT2D eigenvalue weighted by molar-refractivity contribution is -0.385. The number of hydrogen-bond donors (Lipinski definition) is 1. The minimum atomic E-state index is -0.386. The van der Waals surface area contributed by atoms with E-state index in [-0.39, 0.29) is 16.5 Å². The van der Waals surface area contributed by atoms with Crippen LogP contribution in [0.3, 0.4) is 0 Å². The number of para-hydroxylation sites is 1. The molecule has 25 heavy (non-hydrogen) atoms. The number of hydrogen-bond acceptors (Lipinski definition) is 4. The first-order valence-electron chi connectivity index (χ1n) is 7.66. The monoisotopic (exact) mass is 336 g/mol. The van der Waals surface area contributed by atoms with Gasteiger partial charge in [0.15, 0.2) is 0 Å². The number of aromatic nitrogens is 2. The van der Waals surface area contributed by atoms with Crippen molar-refractivity contribution in [3.8, 4) is 11.4 Å². The molecule has 0 bridgehead atoms. The van der Waals surface area contributed by atoms with Crippen molar-refractivity contribution in [1.29, 1.82) is 0 Å². The average molecular weight is 336 g/mol. The Morgan fingerprint density at radius 2 is 2.04 bits per heavy atom. The average Bonchev–Trinajstić information content (AvgIpc) is 3.03. The molecule has 0 saturated carbocycles. The number of carbonyl (C=O) groups is 1. The summed E-state index contributed by atoms with van der Waals surface area (Å²) >= 11 is 0. The number of amides is 1. The van der Waals surface area contributed by atoms with E-state index in [1.54, 1.807) is 36.7 Å². The van der Waals surface area contributed by atoms with Gasteiger partial charge in [-0.2, -0.15) is 0 Å². The summed E-state index contributed by atoms with van der Waals surface area (Å²) in [4.78, 5) is 26.4. The van der Waals surface area contributed by atoms with Gasteiger partial charge in [0.2, 0.25) is 5.91 Å². The van der Waals surface area contributed by atoms with Crippen molar-refractivity contribution in [3.05, 3.63) is 76.6 Å². The number of nitro groups is 1. The quantitative estimate of drug-likeness (QED) is 0.570. The van der Waals surface area contributed by atoms with E-state index in [0.717, 1.165) is 5.56 Å². The third-order valence-electron chi connectivity index (χ3n) is 3.69. The van der Waals surface area contributed by atoms with Crippen LogP contribution >= 0.6 is 0 Å². The van der Waals surface area contributed by atoms with Crippen LogP contribution in [-0.4, -0.2) is 20.4 Å². The van der Waals surface area contributed by atoms with Gasteiger partial charge in [0.25, 0.3) is 5.69 Å². The van der Waals surface area contributed by atoms with Gasteiger partial charge in [-0.3, -0.25) is 14.9 Å². The molecule has 0 radical (unpaired) electrons. The van der Waals surface area contributed by atoms with Gasteiger partial charge in [-0.15, -0.1) is 0 Å². The molecule has 0 aliphatic rings. The Morgan fingerprint density at radius 1 is 1.24 bits per heavy atom. The molecule has 3 aromatic rings. The van der Waals surface area contributed by atoms with E-state index in [0.29, 0.717) is 23.6 Å². The Balaban J connectivity index is 1.94. The Bertz CT molecular complexity index is 933. The van der Waals surface area contributed by atoms with E-state index in [1.165, 1.54) is 13.0 Å². The molecule has 0 unspecified atom stereocenters. The Labute approximate surface area is 144 Å². The second kappa shape index (κ2) is 6.96. The highest BCUT2D eigenvalue weighted by Gasteiger charge is 2.15. The van der Waals surface area contributed by atoms with Crippen LogP contribution in [0.2, 0.25) is 0 Å². The minimum Gasteiger partial charge on any atom is -0.326 e. The summed E-state index contributed by atoms with van der Waals surface area (Å²) in [6, 6.07) is 14.0. The molecule has 0 aliphatic heterocycles. The fraction of sp³-hybridized carbons (Fsp3) is 0.111. The van der Waals surface area contributed by atoms with Gasteiger partial charge in [0.1, 0.15) is 5.82 Å². The maximum Gasteiger partial charge on any atom is 0.274 e. The molecule has 0 fully saturated rings. The number of rotatable bonds is 5. The molecule has 7 heteroatoms. The first-order valence-corrected chi connectivity index (χ1v) is 7.66. The Hall–Kier alpha value is -3.48. The van der Waals surface area contributed by atoms with Crippen molar-refractivity contribution in [2.45, 2.75) is 13.5 Å². The van der Waals surface area contributed by atoms with Gasteiger partial charge in [-0.1, -0.05) is 30.3 Å². The summed E-state index contributed by atoms with van der Waals surface area (Å²) in [5, 5.41) is 13.9. The zero-order valence-electron chi connectivity index (χ0n) is 13.5. The lowest BCUT2D eigenvalue weighted by Gasteiger charge is -2.10. The summed E-state index contributed by atoms with van der Waals surface area (Å²) in [7, 11) is 0. The molecule has 126 valence electrons. The lowest BCUT2D eigenvalue weighted by atomic mass is 10.1. The molecule has 0 aliphatic carbocycles. The van der Waals surface area contributed by atoms with Gasteiger partial charge >= 0.3 is 0 Å². The molecule has 7 nitrogen and oxygen atoms in total. The van der Waals surface area contributed by atoms with Crippen molar-refractivity contribution >= 4 is 17.3 Å². The maximum atomic E-state index is 11.2. The van der Waals surface area contributed by atoms with Gasteiger partial charge in [0.05, 0.1) is 11.5 Å². The number of carbonyl (C=O) groups excluding carboxylic acids is 1. The van der Waals surface area contributed by atoms with Crippen molar-refractivity contribution in [3.63, 3.8) is 0 Å². The van der Waals surface area contributed by atoms with Crippen LogP contribution in [-0.2, 0) is 11.3 Å². The molecule has 1 heterocycles. The van der Waals surface area contributed by atoms with E-state index in [4.69, 9.17) is 0 Å². The zero-order chi connectivity index (χ0) is 17.8. The number of nitrogens with zero attached hydrogens (tertiary/aromatic N) is 3. The smallest absolute Gasteiger partial charge is 0.274 e.